The van der Waals surface area contributed by atoms with E-state index in [1.54, 1.807) is 30.3 Å². The minimum atomic E-state index is -0.378. The quantitative estimate of drug-likeness (QED) is 0.666. The molecule has 0 radical (unpaired) electrons. The maximum absolute atomic E-state index is 12.9. The van der Waals surface area contributed by atoms with E-state index in [1.807, 2.05) is 19.9 Å². The van der Waals surface area contributed by atoms with Crippen molar-refractivity contribution in [3.63, 3.8) is 0 Å². The SMILES string of the molecule is CCn1c(=O)c2c(nc(-n3nc(C)cc3C)n2CCOC)n(C)c1=O. The highest BCUT2D eigenvalue weighted by atomic mass is 16.5. The van der Waals surface area contributed by atoms with E-state index >= 15 is 0 Å². The predicted molar refractivity (Wildman–Crippen MR) is 93.4 cm³/mol. The number of aryl methyl sites for hydroxylation is 3. The fraction of sp³-hybridized carbons (Fsp3) is 0.500. The van der Waals surface area contributed by atoms with Crippen molar-refractivity contribution < 1.29 is 4.74 Å². The molecule has 0 fully saturated rings. The van der Waals surface area contributed by atoms with Crippen LogP contribution in [0.1, 0.15) is 18.3 Å². The molecule has 0 saturated heterocycles. The van der Waals surface area contributed by atoms with E-state index in [0.29, 0.717) is 36.8 Å². The lowest BCUT2D eigenvalue weighted by Gasteiger charge is -2.10. The van der Waals surface area contributed by atoms with E-state index in [9.17, 15) is 9.59 Å². The predicted octanol–water partition coefficient (Wildman–Crippen LogP) is 0.366. The number of aromatic nitrogens is 6. The monoisotopic (exact) mass is 346 g/mol. The van der Waals surface area contributed by atoms with Crippen molar-refractivity contribution in [3.05, 3.63) is 38.3 Å². The summed E-state index contributed by atoms with van der Waals surface area (Å²) in [5, 5.41) is 4.47. The van der Waals surface area contributed by atoms with Crippen LogP contribution in [0.3, 0.4) is 0 Å². The molecule has 0 bridgehead atoms. The highest BCUT2D eigenvalue weighted by Crippen LogP contribution is 2.17. The van der Waals surface area contributed by atoms with Gasteiger partial charge < -0.3 is 9.30 Å². The molecule has 134 valence electrons. The normalized spacial score (nSPS) is 11.6. The summed E-state index contributed by atoms with van der Waals surface area (Å²) >= 11 is 0. The van der Waals surface area contributed by atoms with Gasteiger partial charge in [0.05, 0.1) is 12.3 Å². The van der Waals surface area contributed by atoms with E-state index in [0.717, 1.165) is 11.4 Å². The third kappa shape index (κ3) is 2.60. The second-order valence-corrected chi connectivity index (χ2v) is 5.96. The number of fused-ring (bicyclic) bond motifs is 1. The van der Waals surface area contributed by atoms with Gasteiger partial charge >= 0.3 is 5.69 Å². The fourth-order valence-corrected chi connectivity index (χ4v) is 3.03. The standard InChI is InChI=1S/C16H22N6O3/c1-6-20-14(23)12-13(19(4)16(20)24)17-15(21(12)7-8-25-5)22-11(3)9-10(2)18-22/h9H,6-8H2,1-5H3. The molecular formula is C16H22N6O3. The first-order valence-electron chi connectivity index (χ1n) is 8.13. The molecule has 0 atom stereocenters. The highest BCUT2D eigenvalue weighted by molar-refractivity contribution is 5.72. The third-order valence-electron chi connectivity index (χ3n) is 4.25. The lowest BCUT2D eigenvalue weighted by atomic mass is 10.4. The smallest absolute Gasteiger partial charge is 0.332 e. The maximum Gasteiger partial charge on any atom is 0.332 e. The summed E-state index contributed by atoms with van der Waals surface area (Å²) in [6.45, 7) is 6.72. The van der Waals surface area contributed by atoms with Crippen molar-refractivity contribution in [1.82, 2.24) is 28.5 Å². The van der Waals surface area contributed by atoms with E-state index in [-0.39, 0.29) is 11.2 Å². The van der Waals surface area contributed by atoms with Gasteiger partial charge in [0, 0.05) is 32.9 Å². The van der Waals surface area contributed by atoms with Gasteiger partial charge in [-0.15, -0.1) is 0 Å². The van der Waals surface area contributed by atoms with Crippen LogP contribution in [-0.2, 0) is 24.9 Å². The zero-order chi connectivity index (χ0) is 18.3. The zero-order valence-electron chi connectivity index (χ0n) is 15.1. The van der Waals surface area contributed by atoms with Gasteiger partial charge in [-0.05, 0) is 26.8 Å². The molecular weight excluding hydrogens is 324 g/mol. The van der Waals surface area contributed by atoms with Crippen LogP contribution in [0.25, 0.3) is 17.1 Å². The second-order valence-electron chi connectivity index (χ2n) is 5.96. The number of methoxy groups -OCH3 is 1. The topological polar surface area (TPSA) is 88.9 Å². The van der Waals surface area contributed by atoms with Crippen molar-refractivity contribution in [2.45, 2.75) is 33.9 Å². The molecule has 0 spiro atoms. The van der Waals surface area contributed by atoms with Crippen LogP contribution in [0.2, 0.25) is 0 Å². The average molecular weight is 346 g/mol. The van der Waals surface area contributed by atoms with Crippen molar-refractivity contribution >= 4 is 11.2 Å². The molecule has 0 saturated carbocycles. The summed E-state index contributed by atoms with van der Waals surface area (Å²) in [5.74, 6) is 0.499. The Balaban J connectivity index is 2.44. The van der Waals surface area contributed by atoms with Gasteiger partial charge in [-0.1, -0.05) is 0 Å². The second kappa shape index (κ2) is 6.32. The molecule has 3 heterocycles. The molecule has 0 N–H and O–H groups in total. The molecule has 0 unspecified atom stereocenters. The number of hydrogen-bond acceptors (Lipinski definition) is 5. The molecule has 9 heteroatoms. The first-order chi connectivity index (χ1) is 11.9. The lowest BCUT2D eigenvalue weighted by Crippen LogP contribution is -2.39. The first-order valence-corrected chi connectivity index (χ1v) is 8.13. The molecule has 3 rings (SSSR count). The summed E-state index contributed by atoms with van der Waals surface area (Å²) in [5.41, 5.74) is 1.74. The van der Waals surface area contributed by atoms with Gasteiger partial charge in [-0.25, -0.2) is 9.48 Å². The summed E-state index contributed by atoms with van der Waals surface area (Å²) in [6, 6.07) is 1.93. The number of nitrogens with zero attached hydrogens (tertiary/aromatic N) is 6. The van der Waals surface area contributed by atoms with Crippen molar-refractivity contribution in [2.24, 2.45) is 7.05 Å². The van der Waals surface area contributed by atoms with Crippen LogP contribution in [0.5, 0.6) is 0 Å². The van der Waals surface area contributed by atoms with Crippen molar-refractivity contribution in [1.29, 1.82) is 0 Å². The average Bonchev–Trinajstić information content (AvgIpc) is 3.11. The molecule has 0 aliphatic heterocycles. The van der Waals surface area contributed by atoms with Crippen LogP contribution < -0.4 is 11.2 Å². The summed E-state index contributed by atoms with van der Waals surface area (Å²) in [6.07, 6.45) is 0. The lowest BCUT2D eigenvalue weighted by molar-refractivity contribution is 0.188. The Morgan fingerprint density at radius 2 is 1.92 bits per heavy atom. The Morgan fingerprint density at radius 3 is 2.48 bits per heavy atom. The van der Waals surface area contributed by atoms with Crippen LogP contribution in [0, 0.1) is 13.8 Å². The van der Waals surface area contributed by atoms with Gasteiger partial charge in [0.2, 0.25) is 5.95 Å². The minimum Gasteiger partial charge on any atom is -0.383 e. The van der Waals surface area contributed by atoms with Gasteiger partial charge in [-0.3, -0.25) is 13.9 Å². The van der Waals surface area contributed by atoms with E-state index < -0.39 is 0 Å². The molecule has 9 nitrogen and oxygen atoms in total. The van der Waals surface area contributed by atoms with Crippen LogP contribution in [-0.4, -0.2) is 42.2 Å². The Labute approximate surface area is 144 Å². The summed E-state index contributed by atoms with van der Waals surface area (Å²) in [4.78, 5) is 29.8. The third-order valence-corrected chi connectivity index (χ3v) is 4.25. The van der Waals surface area contributed by atoms with Gasteiger partial charge in [0.15, 0.2) is 11.2 Å². The molecule has 0 aliphatic rings. The molecule has 3 aromatic rings. The summed E-state index contributed by atoms with van der Waals surface area (Å²) < 4.78 is 11.2. The van der Waals surface area contributed by atoms with E-state index in [2.05, 4.69) is 10.1 Å². The molecule has 0 aliphatic carbocycles. The Morgan fingerprint density at radius 1 is 1.20 bits per heavy atom. The Bertz CT molecular complexity index is 1050. The van der Waals surface area contributed by atoms with Crippen molar-refractivity contribution in [3.8, 4) is 5.95 Å². The number of rotatable bonds is 5. The zero-order valence-corrected chi connectivity index (χ0v) is 15.1. The molecule has 0 amide bonds. The fourth-order valence-electron chi connectivity index (χ4n) is 3.03. The van der Waals surface area contributed by atoms with Crippen molar-refractivity contribution in [2.75, 3.05) is 13.7 Å². The summed E-state index contributed by atoms with van der Waals surface area (Å²) in [7, 11) is 3.22. The number of hydrogen-bond donors (Lipinski definition) is 0. The van der Waals surface area contributed by atoms with Crippen LogP contribution in [0.4, 0.5) is 0 Å². The van der Waals surface area contributed by atoms with Crippen LogP contribution >= 0.6 is 0 Å². The number of ether oxygens (including phenoxy) is 1. The molecule has 3 aromatic heterocycles. The van der Waals surface area contributed by atoms with Gasteiger partial charge in [0.25, 0.3) is 5.56 Å². The highest BCUT2D eigenvalue weighted by Gasteiger charge is 2.21. The molecule has 25 heavy (non-hydrogen) atoms. The molecule has 0 aromatic carbocycles. The van der Waals surface area contributed by atoms with Gasteiger partial charge in [0.1, 0.15) is 0 Å². The van der Waals surface area contributed by atoms with E-state index in [1.165, 1.54) is 9.13 Å². The van der Waals surface area contributed by atoms with Gasteiger partial charge in [-0.2, -0.15) is 10.1 Å². The Kier molecular flexibility index (Phi) is 4.34. The Hall–Kier alpha value is -2.68. The minimum absolute atomic E-state index is 0.298. The largest absolute Gasteiger partial charge is 0.383 e. The maximum atomic E-state index is 12.9. The van der Waals surface area contributed by atoms with E-state index in [4.69, 9.17) is 4.74 Å². The number of imidazole rings is 1. The van der Waals surface area contributed by atoms with Crippen LogP contribution in [0.15, 0.2) is 15.7 Å². The first kappa shape index (κ1) is 17.2.